The van der Waals surface area contributed by atoms with Gasteiger partial charge in [0.25, 0.3) is 0 Å². The van der Waals surface area contributed by atoms with Crippen molar-refractivity contribution in [3.8, 4) is 11.8 Å². The number of hydrogen-bond donors (Lipinski definition) is 1. The highest BCUT2D eigenvalue weighted by atomic mass is 32.2. The number of thioether (sulfide) groups is 1. The van der Waals surface area contributed by atoms with Crippen LogP contribution in [0.3, 0.4) is 0 Å². The Bertz CT molecular complexity index is 596. The summed E-state index contributed by atoms with van der Waals surface area (Å²) in [7, 11) is -3.42. The fourth-order valence-electron chi connectivity index (χ4n) is 1.81. The molecule has 102 valence electrons. The van der Waals surface area contributed by atoms with Crippen LogP contribution in [0.1, 0.15) is 5.56 Å². The zero-order chi connectivity index (χ0) is 13.7. The maximum Gasteiger partial charge on any atom is 0.243 e. The van der Waals surface area contributed by atoms with Crippen molar-refractivity contribution >= 4 is 21.8 Å². The molecule has 1 aliphatic rings. The van der Waals surface area contributed by atoms with E-state index in [1.54, 1.807) is 36.0 Å². The summed E-state index contributed by atoms with van der Waals surface area (Å²) in [6.45, 7) is 0.874. The second kappa shape index (κ2) is 6.44. The predicted octanol–water partition coefficient (Wildman–Crippen LogP) is 0.768. The summed E-state index contributed by atoms with van der Waals surface area (Å²) in [5, 5.41) is 8.66. The van der Waals surface area contributed by atoms with Crippen molar-refractivity contribution in [1.29, 1.82) is 0 Å². The largest absolute Gasteiger partial charge is 0.384 e. The number of sulfonamides is 1. The standard InChI is InChI=1S/C13H15NO3S2/c15-8-2-4-12-3-1-5-13(11-12)19(16,17)14-6-9-18-10-7-14/h1,3,5,11,15H,6-10H2. The van der Waals surface area contributed by atoms with Crippen LogP contribution in [0.2, 0.25) is 0 Å². The molecule has 0 radical (unpaired) electrons. The molecule has 1 fully saturated rings. The number of aliphatic hydroxyl groups is 1. The third kappa shape index (κ3) is 3.51. The average Bonchev–Trinajstić information content (AvgIpc) is 2.46. The van der Waals surface area contributed by atoms with Crippen LogP contribution in [0, 0.1) is 11.8 Å². The van der Waals surface area contributed by atoms with E-state index in [4.69, 9.17) is 5.11 Å². The Balaban J connectivity index is 2.29. The Labute approximate surface area is 117 Å². The molecule has 1 heterocycles. The van der Waals surface area contributed by atoms with Crippen molar-refractivity contribution in [3.63, 3.8) is 0 Å². The lowest BCUT2D eigenvalue weighted by molar-refractivity contribution is 0.350. The number of benzene rings is 1. The summed E-state index contributed by atoms with van der Waals surface area (Å²) >= 11 is 1.77. The molecule has 1 aromatic carbocycles. The van der Waals surface area contributed by atoms with Crippen molar-refractivity contribution in [2.75, 3.05) is 31.2 Å². The molecule has 0 amide bonds. The molecule has 0 aromatic heterocycles. The van der Waals surface area contributed by atoms with Crippen LogP contribution in [0.4, 0.5) is 0 Å². The quantitative estimate of drug-likeness (QED) is 0.819. The van der Waals surface area contributed by atoms with E-state index in [1.165, 1.54) is 4.31 Å². The van der Waals surface area contributed by atoms with Crippen LogP contribution in [-0.4, -0.2) is 49.0 Å². The van der Waals surface area contributed by atoms with Gasteiger partial charge in [-0.25, -0.2) is 8.42 Å². The lowest BCUT2D eigenvalue weighted by atomic mass is 10.2. The Kier molecular flexibility index (Phi) is 4.88. The normalized spacial score (nSPS) is 16.7. The topological polar surface area (TPSA) is 57.6 Å². The second-order valence-corrected chi connectivity index (χ2v) is 7.17. The Morgan fingerprint density at radius 3 is 2.74 bits per heavy atom. The van der Waals surface area contributed by atoms with Gasteiger partial charge >= 0.3 is 0 Å². The summed E-state index contributed by atoms with van der Waals surface area (Å²) in [5.74, 6) is 6.91. The van der Waals surface area contributed by atoms with Crippen molar-refractivity contribution in [2.45, 2.75) is 4.90 Å². The first-order chi connectivity index (χ1) is 9.14. The number of nitrogens with zero attached hydrogens (tertiary/aromatic N) is 1. The second-order valence-electron chi connectivity index (χ2n) is 4.00. The van der Waals surface area contributed by atoms with Gasteiger partial charge in [-0.2, -0.15) is 16.1 Å². The molecule has 6 heteroatoms. The molecule has 1 saturated heterocycles. The van der Waals surface area contributed by atoms with Crippen LogP contribution in [0.25, 0.3) is 0 Å². The van der Waals surface area contributed by atoms with Gasteiger partial charge in [0.15, 0.2) is 0 Å². The summed E-state index contributed by atoms with van der Waals surface area (Å²) in [6, 6.07) is 6.54. The molecule has 1 aromatic rings. The summed E-state index contributed by atoms with van der Waals surface area (Å²) in [6.07, 6.45) is 0. The fraction of sp³-hybridized carbons (Fsp3) is 0.385. The average molecular weight is 297 g/mol. The van der Waals surface area contributed by atoms with Crippen LogP contribution in [0.5, 0.6) is 0 Å². The van der Waals surface area contributed by atoms with E-state index >= 15 is 0 Å². The van der Waals surface area contributed by atoms with Gasteiger partial charge in [0, 0.05) is 30.2 Å². The number of aliphatic hydroxyl groups excluding tert-OH is 1. The lowest BCUT2D eigenvalue weighted by Gasteiger charge is -2.25. The minimum atomic E-state index is -3.42. The maximum atomic E-state index is 12.4. The summed E-state index contributed by atoms with van der Waals surface area (Å²) in [5.41, 5.74) is 0.599. The molecule has 0 aliphatic carbocycles. The van der Waals surface area contributed by atoms with Gasteiger partial charge in [0.05, 0.1) is 4.90 Å². The van der Waals surface area contributed by atoms with Gasteiger partial charge in [0.2, 0.25) is 10.0 Å². The number of hydrogen-bond acceptors (Lipinski definition) is 4. The van der Waals surface area contributed by atoms with Crippen molar-refractivity contribution < 1.29 is 13.5 Å². The molecule has 1 N–H and O–H groups in total. The molecule has 0 unspecified atom stereocenters. The van der Waals surface area contributed by atoms with E-state index < -0.39 is 10.0 Å². The molecule has 0 saturated carbocycles. The van der Waals surface area contributed by atoms with Gasteiger partial charge in [-0.1, -0.05) is 17.9 Å². The van der Waals surface area contributed by atoms with Crippen molar-refractivity contribution in [3.05, 3.63) is 29.8 Å². The van der Waals surface area contributed by atoms with E-state index in [0.717, 1.165) is 11.5 Å². The minimum absolute atomic E-state index is 0.236. The molecule has 0 atom stereocenters. The van der Waals surface area contributed by atoms with Gasteiger partial charge in [-0.3, -0.25) is 0 Å². The van der Waals surface area contributed by atoms with Crippen LogP contribution in [-0.2, 0) is 10.0 Å². The van der Waals surface area contributed by atoms with Crippen molar-refractivity contribution in [2.24, 2.45) is 0 Å². The first-order valence-corrected chi connectivity index (χ1v) is 8.52. The van der Waals surface area contributed by atoms with Crippen LogP contribution < -0.4 is 0 Å². The van der Waals surface area contributed by atoms with E-state index in [1.807, 2.05) is 0 Å². The Morgan fingerprint density at radius 1 is 1.32 bits per heavy atom. The van der Waals surface area contributed by atoms with E-state index in [2.05, 4.69) is 11.8 Å². The highest BCUT2D eigenvalue weighted by Crippen LogP contribution is 2.20. The van der Waals surface area contributed by atoms with Crippen molar-refractivity contribution in [1.82, 2.24) is 4.31 Å². The molecule has 1 aliphatic heterocycles. The third-order valence-electron chi connectivity index (χ3n) is 2.75. The summed E-state index contributed by atoms with van der Waals surface area (Å²) < 4.78 is 26.4. The third-order valence-corrected chi connectivity index (χ3v) is 5.59. The van der Waals surface area contributed by atoms with E-state index in [-0.39, 0.29) is 11.5 Å². The highest BCUT2D eigenvalue weighted by molar-refractivity contribution is 7.99. The molecule has 19 heavy (non-hydrogen) atoms. The molecule has 0 spiro atoms. The molecular formula is C13H15NO3S2. The molecule has 2 rings (SSSR count). The molecule has 0 bridgehead atoms. The smallest absolute Gasteiger partial charge is 0.243 e. The maximum absolute atomic E-state index is 12.4. The van der Waals surface area contributed by atoms with Gasteiger partial charge < -0.3 is 5.11 Å². The molecule has 4 nitrogen and oxygen atoms in total. The predicted molar refractivity (Wildman–Crippen MR) is 76.5 cm³/mol. The fourth-order valence-corrected chi connectivity index (χ4v) is 4.43. The molecular weight excluding hydrogens is 282 g/mol. The summed E-state index contributed by atoms with van der Waals surface area (Å²) in [4.78, 5) is 0.268. The Morgan fingerprint density at radius 2 is 2.05 bits per heavy atom. The monoisotopic (exact) mass is 297 g/mol. The Hall–Kier alpha value is -1.00. The zero-order valence-electron chi connectivity index (χ0n) is 10.4. The van der Waals surface area contributed by atoms with Crippen LogP contribution >= 0.6 is 11.8 Å². The minimum Gasteiger partial charge on any atom is -0.384 e. The van der Waals surface area contributed by atoms with Gasteiger partial charge in [0.1, 0.15) is 6.61 Å². The highest BCUT2D eigenvalue weighted by Gasteiger charge is 2.25. The van der Waals surface area contributed by atoms with Crippen LogP contribution in [0.15, 0.2) is 29.2 Å². The first kappa shape index (κ1) is 14.4. The van der Waals surface area contributed by atoms with E-state index in [0.29, 0.717) is 18.7 Å². The lowest BCUT2D eigenvalue weighted by Crippen LogP contribution is -2.37. The SMILES string of the molecule is O=S(=O)(c1cccc(C#CCO)c1)N1CCSCC1. The van der Waals surface area contributed by atoms with Gasteiger partial charge in [-0.05, 0) is 18.2 Å². The van der Waals surface area contributed by atoms with E-state index in [9.17, 15) is 8.42 Å². The first-order valence-electron chi connectivity index (χ1n) is 5.92. The number of rotatable bonds is 2. The van der Waals surface area contributed by atoms with Gasteiger partial charge in [-0.15, -0.1) is 0 Å². The zero-order valence-corrected chi connectivity index (χ0v) is 12.0.